The van der Waals surface area contributed by atoms with Crippen LogP contribution in [0.15, 0.2) is 30.7 Å². The van der Waals surface area contributed by atoms with Crippen LogP contribution in [0.25, 0.3) is 6.08 Å². The maximum atomic E-state index is 9.87. The highest BCUT2D eigenvalue weighted by atomic mass is 35.5. The number of aromatic nitrogens is 1. The van der Waals surface area contributed by atoms with Crippen LogP contribution in [-0.4, -0.2) is 9.91 Å². The Hall–Kier alpha value is -1.42. The van der Waals surface area contributed by atoms with E-state index in [2.05, 4.69) is 4.98 Å². The zero-order valence-corrected chi connectivity index (χ0v) is 6.90. The van der Waals surface area contributed by atoms with E-state index < -0.39 is 4.92 Å². The van der Waals surface area contributed by atoms with E-state index in [4.69, 9.17) is 0 Å². The third-order valence-corrected chi connectivity index (χ3v) is 1.07. The molecule has 1 rings (SSSR count). The minimum absolute atomic E-state index is 0. The molecule has 0 aliphatic heterocycles. The van der Waals surface area contributed by atoms with E-state index in [9.17, 15) is 10.1 Å². The van der Waals surface area contributed by atoms with E-state index in [1.54, 1.807) is 24.5 Å². The first-order valence-corrected chi connectivity index (χ1v) is 3.01. The molecule has 0 unspecified atom stereocenters. The summed E-state index contributed by atoms with van der Waals surface area (Å²) in [4.78, 5) is 13.2. The quantitative estimate of drug-likeness (QED) is 0.522. The van der Waals surface area contributed by atoms with Crippen LogP contribution >= 0.6 is 12.4 Å². The predicted molar refractivity (Wildman–Crippen MR) is 47.5 cm³/mol. The van der Waals surface area contributed by atoms with Crippen LogP contribution in [0.3, 0.4) is 0 Å². The summed E-state index contributed by atoms with van der Waals surface area (Å²) < 4.78 is 0. The van der Waals surface area contributed by atoms with E-state index in [0.29, 0.717) is 0 Å². The molecule has 0 spiro atoms. The van der Waals surface area contributed by atoms with Gasteiger partial charge in [0, 0.05) is 18.5 Å². The summed E-state index contributed by atoms with van der Waals surface area (Å²) in [5.41, 5.74) is 0.726. The van der Waals surface area contributed by atoms with Crippen LogP contribution in [0.1, 0.15) is 5.56 Å². The van der Waals surface area contributed by atoms with Gasteiger partial charge < -0.3 is 0 Å². The van der Waals surface area contributed by atoms with Crippen molar-refractivity contribution in [1.29, 1.82) is 0 Å². The number of pyridine rings is 1. The molecule has 0 saturated heterocycles. The van der Waals surface area contributed by atoms with Gasteiger partial charge in [0.25, 0.3) is 0 Å². The average molecular weight is 187 g/mol. The van der Waals surface area contributed by atoms with Gasteiger partial charge in [-0.2, -0.15) is 0 Å². The molecule has 0 aliphatic carbocycles. The van der Waals surface area contributed by atoms with Crippen molar-refractivity contribution in [2.24, 2.45) is 0 Å². The molecule has 0 atom stereocenters. The van der Waals surface area contributed by atoms with Crippen LogP contribution < -0.4 is 0 Å². The summed E-state index contributed by atoms with van der Waals surface area (Å²) in [6, 6.07) is 3.46. The van der Waals surface area contributed by atoms with Crippen LogP contribution in [-0.2, 0) is 0 Å². The molecule has 12 heavy (non-hydrogen) atoms. The fourth-order valence-electron chi connectivity index (χ4n) is 0.621. The van der Waals surface area contributed by atoms with Gasteiger partial charge in [-0.15, -0.1) is 12.4 Å². The highest BCUT2D eigenvalue weighted by Crippen LogP contribution is 1.97. The Labute approximate surface area is 75.5 Å². The normalized spacial score (nSPS) is 9.33. The maximum Gasteiger partial charge on any atom is 0.235 e. The lowest BCUT2D eigenvalue weighted by Gasteiger charge is -1.85. The number of rotatable bonds is 2. The Kier molecular flexibility index (Phi) is 4.64. The third kappa shape index (κ3) is 3.68. The monoisotopic (exact) mass is 186 g/mol. The van der Waals surface area contributed by atoms with Gasteiger partial charge in [0.05, 0.1) is 4.92 Å². The van der Waals surface area contributed by atoms with Crippen molar-refractivity contribution < 1.29 is 4.92 Å². The topological polar surface area (TPSA) is 56.0 Å². The Morgan fingerprint density at radius 3 is 2.83 bits per heavy atom. The lowest BCUT2D eigenvalue weighted by atomic mass is 10.3. The molecule has 0 saturated carbocycles. The largest absolute Gasteiger partial charge is 0.264 e. The highest BCUT2D eigenvalue weighted by Gasteiger charge is 1.87. The standard InChI is InChI=1S/C7H6N2O2.ClH/c10-9(11)5-3-7-2-1-4-8-6-7;/h1-6H;1H. The van der Waals surface area contributed by atoms with Crippen molar-refractivity contribution in [1.82, 2.24) is 4.98 Å². The number of hydrogen-bond donors (Lipinski definition) is 0. The van der Waals surface area contributed by atoms with Crippen molar-refractivity contribution in [3.05, 3.63) is 46.4 Å². The van der Waals surface area contributed by atoms with E-state index in [1.807, 2.05) is 0 Å². The van der Waals surface area contributed by atoms with Crippen molar-refractivity contribution in [2.45, 2.75) is 0 Å². The van der Waals surface area contributed by atoms with Crippen molar-refractivity contribution in [3.63, 3.8) is 0 Å². The first-order valence-electron chi connectivity index (χ1n) is 3.01. The summed E-state index contributed by atoms with van der Waals surface area (Å²) in [6.07, 6.45) is 5.45. The fraction of sp³-hybridized carbons (Fsp3) is 0. The molecule has 0 aromatic carbocycles. The molecule has 64 valence electrons. The number of hydrogen-bond acceptors (Lipinski definition) is 3. The van der Waals surface area contributed by atoms with Crippen LogP contribution in [0, 0.1) is 10.1 Å². The van der Waals surface area contributed by atoms with Gasteiger partial charge in [-0.25, -0.2) is 0 Å². The van der Waals surface area contributed by atoms with Crippen LogP contribution in [0.2, 0.25) is 0 Å². The minimum atomic E-state index is -0.507. The van der Waals surface area contributed by atoms with Gasteiger partial charge in [0.1, 0.15) is 0 Å². The van der Waals surface area contributed by atoms with Gasteiger partial charge in [0.2, 0.25) is 6.20 Å². The Balaban J connectivity index is 0.00000121. The zero-order chi connectivity index (χ0) is 8.10. The van der Waals surface area contributed by atoms with Crippen molar-refractivity contribution in [2.75, 3.05) is 0 Å². The highest BCUT2D eigenvalue weighted by molar-refractivity contribution is 5.85. The first kappa shape index (κ1) is 10.6. The molecule has 0 bridgehead atoms. The first-order chi connectivity index (χ1) is 5.29. The molecule has 1 heterocycles. The lowest BCUT2D eigenvalue weighted by Crippen LogP contribution is -1.82. The third-order valence-electron chi connectivity index (χ3n) is 1.07. The smallest absolute Gasteiger partial charge is 0.235 e. The van der Waals surface area contributed by atoms with Crippen LogP contribution in [0.4, 0.5) is 0 Å². The average Bonchev–Trinajstić information content (AvgIpc) is 2.03. The van der Waals surface area contributed by atoms with E-state index in [1.165, 1.54) is 6.08 Å². The molecule has 0 amide bonds. The van der Waals surface area contributed by atoms with Gasteiger partial charge in [0.15, 0.2) is 0 Å². The van der Waals surface area contributed by atoms with Gasteiger partial charge >= 0.3 is 0 Å². The predicted octanol–water partition coefficient (Wildman–Crippen LogP) is 1.75. The van der Waals surface area contributed by atoms with Gasteiger partial charge in [-0.05, 0) is 11.6 Å². The summed E-state index contributed by atoms with van der Waals surface area (Å²) in [6.45, 7) is 0. The fourth-order valence-corrected chi connectivity index (χ4v) is 0.621. The molecule has 1 aromatic rings. The van der Waals surface area contributed by atoms with Crippen LogP contribution in [0.5, 0.6) is 0 Å². The molecule has 0 fully saturated rings. The molecular formula is C7H7ClN2O2. The molecule has 0 N–H and O–H groups in total. The van der Waals surface area contributed by atoms with Gasteiger partial charge in [-0.3, -0.25) is 15.1 Å². The zero-order valence-electron chi connectivity index (χ0n) is 6.08. The Bertz CT molecular complexity index is 274. The maximum absolute atomic E-state index is 9.87. The van der Waals surface area contributed by atoms with E-state index >= 15 is 0 Å². The SMILES string of the molecule is Cl.O=[N+]([O-])C=Cc1cccnc1. The number of nitrogens with zero attached hydrogens (tertiary/aromatic N) is 2. The number of halogens is 1. The molecule has 0 radical (unpaired) electrons. The van der Waals surface area contributed by atoms with Crippen molar-refractivity contribution >= 4 is 18.5 Å². The summed E-state index contributed by atoms with van der Waals surface area (Å²) in [5, 5.41) is 9.87. The van der Waals surface area contributed by atoms with Gasteiger partial charge in [-0.1, -0.05) is 6.07 Å². The van der Waals surface area contributed by atoms with Crippen molar-refractivity contribution in [3.8, 4) is 0 Å². The second-order valence-electron chi connectivity index (χ2n) is 1.89. The Morgan fingerprint density at radius 1 is 1.58 bits per heavy atom. The molecule has 5 heteroatoms. The second-order valence-corrected chi connectivity index (χ2v) is 1.89. The lowest BCUT2D eigenvalue weighted by molar-refractivity contribution is -0.400. The number of nitro groups is 1. The minimum Gasteiger partial charge on any atom is -0.264 e. The Morgan fingerprint density at radius 2 is 2.33 bits per heavy atom. The summed E-state index contributed by atoms with van der Waals surface area (Å²) in [7, 11) is 0. The second kappa shape index (κ2) is 5.26. The molecule has 0 aliphatic rings. The van der Waals surface area contributed by atoms with E-state index in [-0.39, 0.29) is 12.4 Å². The molecule has 1 aromatic heterocycles. The summed E-state index contributed by atoms with van der Waals surface area (Å²) in [5.74, 6) is 0. The summed E-state index contributed by atoms with van der Waals surface area (Å²) >= 11 is 0. The van der Waals surface area contributed by atoms with E-state index in [0.717, 1.165) is 11.8 Å². The molecular weight excluding hydrogens is 180 g/mol. The molecule has 4 nitrogen and oxygen atoms in total.